The molecule has 2 heterocycles. The molecule has 6 nitrogen and oxygen atoms in total. The predicted octanol–water partition coefficient (Wildman–Crippen LogP) is 2.41. The van der Waals surface area contributed by atoms with Gasteiger partial charge in [-0.15, -0.1) is 0 Å². The number of halogens is 1. The molecule has 1 amide bonds. The molecule has 0 fully saturated rings. The Hall–Kier alpha value is -2.21. The van der Waals surface area contributed by atoms with E-state index < -0.39 is 0 Å². The molecule has 7 heteroatoms. The van der Waals surface area contributed by atoms with Crippen LogP contribution in [0.2, 0.25) is 5.02 Å². The van der Waals surface area contributed by atoms with Crippen LogP contribution in [-0.4, -0.2) is 35.0 Å². The summed E-state index contributed by atoms with van der Waals surface area (Å²) in [5, 5.41) is 3.27. The van der Waals surface area contributed by atoms with Gasteiger partial charge in [-0.2, -0.15) is 0 Å². The highest BCUT2D eigenvalue weighted by Crippen LogP contribution is 2.18. The number of hydrogen-bond donors (Lipinski definition) is 1. The minimum absolute atomic E-state index is 0.236. The van der Waals surface area contributed by atoms with Gasteiger partial charge in [0.25, 0.3) is 5.91 Å². The van der Waals surface area contributed by atoms with Crippen LogP contribution in [0.25, 0.3) is 0 Å². The van der Waals surface area contributed by atoms with Crippen LogP contribution in [-0.2, 0) is 6.42 Å². The Balaban J connectivity index is 2.18. The average molecular weight is 306 g/mol. The smallest absolute Gasteiger partial charge is 0.277 e. The Bertz CT molecular complexity index is 642. The van der Waals surface area contributed by atoms with Crippen molar-refractivity contribution < 1.29 is 4.79 Å². The average Bonchev–Trinajstić information content (AvgIpc) is 2.49. The first-order valence-electron chi connectivity index (χ1n) is 6.46. The number of carbonyl (C=O) groups excluding carboxylic acids is 1. The van der Waals surface area contributed by atoms with Crippen molar-refractivity contribution in [1.29, 1.82) is 0 Å². The Morgan fingerprint density at radius 2 is 2.00 bits per heavy atom. The second-order valence-corrected chi connectivity index (χ2v) is 5.06. The number of nitrogens with one attached hydrogen (secondary N) is 1. The standard InChI is InChI=1S/C14H16ClN5O/c1-4-9-5-10(15)6-18-13(9)19-14(21)11-7-17-12(8-16-11)20(2)3/h5-8H,4H2,1-3H3,(H,18,19,21). The predicted molar refractivity (Wildman–Crippen MR) is 82.9 cm³/mol. The Labute approximate surface area is 128 Å². The van der Waals surface area contributed by atoms with E-state index in [0.717, 1.165) is 5.56 Å². The molecular weight excluding hydrogens is 290 g/mol. The Morgan fingerprint density at radius 3 is 2.57 bits per heavy atom. The molecule has 0 spiro atoms. The van der Waals surface area contributed by atoms with Crippen molar-refractivity contribution in [2.45, 2.75) is 13.3 Å². The van der Waals surface area contributed by atoms with Crippen molar-refractivity contribution in [3.8, 4) is 0 Å². The molecule has 0 aliphatic carbocycles. The first kappa shape index (κ1) is 15.2. The molecule has 0 aliphatic heterocycles. The molecular formula is C14H16ClN5O. The molecule has 0 radical (unpaired) electrons. The third-order valence-corrected chi connectivity index (χ3v) is 3.08. The van der Waals surface area contributed by atoms with Crippen molar-refractivity contribution in [3.63, 3.8) is 0 Å². The minimum Gasteiger partial charge on any atom is -0.361 e. The lowest BCUT2D eigenvalue weighted by atomic mass is 10.2. The monoisotopic (exact) mass is 305 g/mol. The van der Waals surface area contributed by atoms with Crippen LogP contribution >= 0.6 is 11.6 Å². The second-order valence-electron chi connectivity index (χ2n) is 4.62. The highest BCUT2D eigenvalue weighted by Gasteiger charge is 2.12. The molecule has 0 saturated heterocycles. The zero-order chi connectivity index (χ0) is 15.4. The number of aryl methyl sites for hydroxylation is 1. The molecule has 2 aromatic rings. The van der Waals surface area contributed by atoms with Crippen LogP contribution in [0.3, 0.4) is 0 Å². The third kappa shape index (κ3) is 3.66. The maximum atomic E-state index is 12.1. The summed E-state index contributed by atoms with van der Waals surface area (Å²) in [7, 11) is 3.71. The summed E-state index contributed by atoms with van der Waals surface area (Å²) in [6.45, 7) is 1.97. The van der Waals surface area contributed by atoms with Gasteiger partial charge in [-0.25, -0.2) is 15.0 Å². The van der Waals surface area contributed by atoms with E-state index in [0.29, 0.717) is 23.1 Å². The molecule has 0 bridgehead atoms. The van der Waals surface area contributed by atoms with Crippen molar-refractivity contribution in [1.82, 2.24) is 15.0 Å². The third-order valence-electron chi connectivity index (χ3n) is 2.88. The van der Waals surface area contributed by atoms with E-state index in [4.69, 9.17) is 11.6 Å². The summed E-state index contributed by atoms with van der Waals surface area (Å²) in [4.78, 5) is 26.4. The molecule has 2 aromatic heterocycles. The number of aromatic nitrogens is 3. The van der Waals surface area contributed by atoms with Crippen molar-refractivity contribution in [2.24, 2.45) is 0 Å². The number of pyridine rings is 1. The van der Waals surface area contributed by atoms with E-state index in [1.54, 1.807) is 12.3 Å². The van der Waals surface area contributed by atoms with Crippen molar-refractivity contribution in [3.05, 3.63) is 40.9 Å². The fourth-order valence-electron chi connectivity index (χ4n) is 1.70. The van der Waals surface area contributed by atoms with E-state index in [-0.39, 0.29) is 11.6 Å². The number of hydrogen-bond acceptors (Lipinski definition) is 5. The Morgan fingerprint density at radius 1 is 1.24 bits per heavy atom. The molecule has 0 aromatic carbocycles. The first-order valence-corrected chi connectivity index (χ1v) is 6.84. The summed E-state index contributed by atoms with van der Waals surface area (Å²) < 4.78 is 0. The molecule has 0 saturated carbocycles. The highest BCUT2D eigenvalue weighted by molar-refractivity contribution is 6.30. The van der Waals surface area contributed by atoms with Gasteiger partial charge in [0.05, 0.1) is 17.4 Å². The number of anilines is 2. The quantitative estimate of drug-likeness (QED) is 0.939. The van der Waals surface area contributed by atoms with E-state index in [1.807, 2.05) is 25.9 Å². The molecule has 21 heavy (non-hydrogen) atoms. The van der Waals surface area contributed by atoms with Crippen molar-refractivity contribution >= 4 is 29.1 Å². The molecule has 2 rings (SSSR count). The van der Waals surface area contributed by atoms with Gasteiger partial charge >= 0.3 is 0 Å². The molecule has 0 aliphatic rings. The van der Waals surface area contributed by atoms with E-state index in [1.165, 1.54) is 12.4 Å². The van der Waals surface area contributed by atoms with E-state index in [9.17, 15) is 4.79 Å². The van der Waals surface area contributed by atoms with Gasteiger partial charge in [-0.1, -0.05) is 18.5 Å². The van der Waals surface area contributed by atoms with Crippen LogP contribution in [0.1, 0.15) is 23.0 Å². The van der Waals surface area contributed by atoms with Crippen LogP contribution in [0, 0.1) is 0 Å². The van der Waals surface area contributed by atoms with Gasteiger partial charge in [0.2, 0.25) is 0 Å². The summed E-state index contributed by atoms with van der Waals surface area (Å²) in [6, 6.07) is 1.78. The van der Waals surface area contributed by atoms with Gasteiger partial charge in [0.15, 0.2) is 0 Å². The summed E-state index contributed by atoms with van der Waals surface area (Å²) in [5.74, 6) is 0.827. The summed E-state index contributed by atoms with van der Waals surface area (Å²) >= 11 is 5.89. The van der Waals surface area contributed by atoms with Gasteiger partial charge in [0, 0.05) is 20.3 Å². The van der Waals surface area contributed by atoms with E-state index in [2.05, 4.69) is 20.3 Å². The highest BCUT2D eigenvalue weighted by atomic mass is 35.5. The zero-order valence-electron chi connectivity index (χ0n) is 12.1. The largest absolute Gasteiger partial charge is 0.361 e. The number of carbonyl (C=O) groups is 1. The maximum Gasteiger partial charge on any atom is 0.277 e. The summed E-state index contributed by atoms with van der Waals surface area (Å²) in [6.07, 6.45) is 5.20. The number of nitrogens with zero attached hydrogens (tertiary/aromatic N) is 4. The number of rotatable bonds is 4. The van der Waals surface area contributed by atoms with Crippen LogP contribution in [0.4, 0.5) is 11.6 Å². The molecule has 0 unspecified atom stereocenters. The van der Waals surface area contributed by atoms with Crippen LogP contribution in [0.5, 0.6) is 0 Å². The lowest BCUT2D eigenvalue weighted by Crippen LogP contribution is -2.17. The van der Waals surface area contributed by atoms with Crippen molar-refractivity contribution in [2.75, 3.05) is 24.3 Å². The summed E-state index contributed by atoms with van der Waals surface area (Å²) in [5.41, 5.74) is 1.10. The van der Waals surface area contributed by atoms with Gasteiger partial charge < -0.3 is 10.2 Å². The second kappa shape index (κ2) is 6.49. The molecule has 110 valence electrons. The number of amides is 1. The zero-order valence-corrected chi connectivity index (χ0v) is 12.8. The Kier molecular flexibility index (Phi) is 4.70. The SMILES string of the molecule is CCc1cc(Cl)cnc1NC(=O)c1cnc(N(C)C)cn1. The minimum atomic E-state index is -0.350. The van der Waals surface area contributed by atoms with Gasteiger partial charge in [-0.05, 0) is 18.1 Å². The van der Waals surface area contributed by atoms with Crippen LogP contribution < -0.4 is 10.2 Å². The lowest BCUT2D eigenvalue weighted by Gasteiger charge is -2.11. The van der Waals surface area contributed by atoms with Crippen LogP contribution in [0.15, 0.2) is 24.7 Å². The van der Waals surface area contributed by atoms with Gasteiger partial charge in [-0.3, -0.25) is 4.79 Å². The fourth-order valence-corrected chi connectivity index (χ4v) is 1.88. The molecule has 0 atom stereocenters. The lowest BCUT2D eigenvalue weighted by molar-refractivity contribution is 0.102. The first-order chi connectivity index (χ1) is 10.0. The van der Waals surface area contributed by atoms with E-state index >= 15 is 0 Å². The maximum absolute atomic E-state index is 12.1. The molecule has 1 N–H and O–H groups in total. The normalized spacial score (nSPS) is 10.3. The van der Waals surface area contributed by atoms with Gasteiger partial charge in [0.1, 0.15) is 17.3 Å². The topological polar surface area (TPSA) is 71.0 Å². The fraction of sp³-hybridized carbons (Fsp3) is 0.286.